The average Bonchev–Trinajstić information content (AvgIpc) is 3.25. The Kier molecular flexibility index (Phi) is 6.96. The van der Waals surface area contributed by atoms with Crippen molar-refractivity contribution in [3.63, 3.8) is 0 Å². The van der Waals surface area contributed by atoms with Gasteiger partial charge in [-0.05, 0) is 17.7 Å². The van der Waals surface area contributed by atoms with Crippen molar-refractivity contribution in [2.75, 3.05) is 38.6 Å². The molecule has 1 unspecified atom stereocenters. The quantitative estimate of drug-likeness (QED) is 0.470. The smallest absolute Gasteiger partial charge is 0.258 e. The second-order valence-corrected chi connectivity index (χ2v) is 10.3. The number of benzene rings is 2. The molecule has 2 aliphatic heterocycles. The monoisotopic (exact) mass is 558 g/mol. The summed E-state index contributed by atoms with van der Waals surface area (Å²) in [5.41, 5.74) is 5.92. The van der Waals surface area contributed by atoms with Crippen LogP contribution in [0.5, 0.6) is 5.75 Å². The molecular formula is C26H21ClF2N4O4S. The van der Waals surface area contributed by atoms with E-state index in [1.165, 1.54) is 18.2 Å². The number of aliphatic hydroxyl groups excluding tert-OH is 1. The Balaban J connectivity index is 1.56. The van der Waals surface area contributed by atoms with Crippen molar-refractivity contribution < 1.29 is 28.2 Å². The lowest BCUT2D eigenvalue weighted by Gasteiger charge is -2.42. The lowest BCUT2D eigenvalue weighted by Crippen LogP contribution is -2.57. The van der Waals surface area contributed by atoms with E-state index in [9.17, 15) is 19.2 Å². The topological polar surface area (TPSA) is 120 Å². The van der Waals surface area contributed by atoms with Crippen LogP contribution in [0.25, 0.3) is 21.2 Å². The molecule has 2 amide bonds. The fourth-order valence-electron chi connectivity index (χ4n) is 4.94. The summed E-state index contributed by atoms with van der Waals surface area (Å²) in [4.78, 5) is 29.1. The van der Waals surface area contributed by atoms with E-state index in [2.05, 4.69) is 0 Å². The number of piperazine rings is 1. The maximum absolute atomic E-state index is 15.7. The number of ether oxygens (including phenoxy) is 1. The number of carbonyl (C=O) groups is 2. The highest BCUT2D eigenvalue weighted by atomic mass is 35.5. The van der Waals surface area contributed by atoms with E-state index in [0.717, 1.165) is 23.5 Å². The van der Waals surface area contributed by atoms with Crippen molar-refractivity contribution in [3.8, 4) is 22.9 Å². The molecule has 2 aromatic carbocycles. The number of nitrogen functional groups attached to an aromatic ring is 1. The van der Waals surface area contributed by atoms with Crippen molar-refractivity contribution in [1.29, 1.82) is 5.26 Å². The van der Waals surface area contributed by atoms with E-state index >= 15 is 4.39 Å². The van der Waals surface area contributed by atoms with E-state index in [1.54, 1.807) is 9.80 Å². The van der Waals surface area contributed by atoms with Crippen LogP contribution < -0.4 is 10.5 Å². The first kappa shape index (κ1) is 25.9. The first-order valence-electron chi connectivity index (χ1n) is 11.7. The van der Waals surface area contributed by atoms with Crippen molar-refractivity contribution in [3.05, 3.63) is 58.1 Å². The molecule has 1 saturated heterocycles. The number of nitrogens with zero attached hydrogens (tertiary/aromatic N) is 3. The lowest BCUT2D eigenvalue weighted by molar-refractivity contribution is -0.128. The number of aliphatic hydroxyl groups is 1. The van der Waals surface area contributed by atoms with Gasteiger partial charge in [0.2, 0.25) is 5.91 Å². The van der Waals surface area contributed by atoms with Crippen LogP contribution >= 0.6 is 22.9 Å². The van der Waals surface area contributed by atoms with Gasteiger partial charge >= 0.3 is 0 Å². The number of fused-ring (bicyclic) bond motifs is 3. The zero-order chi connectivity index (χ0) is 27.1. The van der Waals surface area contributed by atoms with Crippen LogP contribution in [0, 0.1) is 23.0 Å². The third-order valence-corrected chi connectivity index (χ3v) is 8.11. The SMILES string of the molecule is N#Cc1c(N)sc2c(F)ccc(-c3c(F)cc4c(c3Cl)OCCC3CN(C(=O)/C=C/CO)CCN3C4=O)c12. The molecule has 38 heavy (non-hydrogen) atoms. The predicted molar refractivity (Wildman–Crippen MR) is 139 cm³/mol. The maximum atomic E-state index is 15.7. The number of nitriles is 1. The minimum atomic E-state index is -0.840. The first-order chi connectivity index (χ1) is 18.3. The zero-order valence-electron chi connectivity index (χ0n) is 19.8. The number of rotatable bonds is 3. The molecule has 5 rings (SSSR count). The van der Waals surface area contributed by atoms with Crippen LogP contribution in [-0.4, -0.2) is 65.6 Å². The van der Waals surface area contributed by atoms with Gasteiger partial charge in [-0.1, -0.05) is 23.7 Å². The summed E-state index contributed by atoms with van der Waals surface area (Å²) in [5.74, 6) is -2.21. The molecule has 12 heteroatoms. The van der Waals surface area contributed by atoms with Gasteiger partial charge in [-0.15, -0.1) is 11.3 Å². The highest BCUT2D eigenvalue weighted by Crippen LogP contribution is 2.47. The molecule has 2 aliphatic rings. The second-order valence-electron chi connectivity index (χ2n) is 8.83. The highest BCUT2D eigenvalue weighted by molar-refractivity contribution is 7.23. The Labute approximate surface area is 225 Å². The van der Waals surface area contributed by atoms with Gasteiger partial charge in [-0.2, -0.15) is 5.26 Å². The van der Waals surface area contributed by atoms with Crippen LogP contribution in [0.2, 0.25) is 5.02 Å². The van der Waals surface area contributed by atoms with Crippen LogP contribution in [0.15, 0.2) is 30.4 Å². The molecule has 196 valence electrons. The van der Waals surface area contributed by atoms with Gasteiger partial charge in [0.1, 0.15) is 22.7 Å². The normalized spacial score (nSPS) is 17.6. The fraction of sp³-hybridized carbons (Fsp3) is 0.269. The Morgan fingerprint density at radius 2 is 2.11 bits per heavy atom. The number of anilines is 1. The van der Waals surface area contributed by atoms with Crippen molar-refractivity contribution >= 4 is 49.8 Å². The summed E-state index contributed by atoms with van der Waals surface area (Å²) in [6, 6.07) is 5.10. The molecule has 0 saturated carbocycles. The maximum Gasteiger partial charge on any atom is 0.258 e. The first-order valence-corrected chi connectivity index (χ1v) is 12.9. The molecule has 3 N–H and O–H groups in total. The van der Waals surface area contributed by atoms with Gasteiger partial charge < -0.3 is 25.4 Å². The average molecular weight is 559 g/mol. The lowest BCUT2D eigenvalue weighted by atomic mass is 9.95. The standard InChI is InChI=1S/C26H21ClF2N4O4S/c27-22-21(14-3-4-17(28)24-20(14)16(11-30)25(31)38-24)18(29)10-15-23(22)37-9-5-13-12-32(19(35)2-1-8-34)6-7-33(13)26(15)36/h1-4,10,13,34H,5-9,12,31H2/b2-1+. The van der Waals surface area contributed by atoms with Crippen LogP contribution in [0.1, 0.15) is 22.3 Å². The third-order valence-electron chi connectivity index (χ3n) is 6.72. The number of nitrogens with two attached hydrogens (primary N) is 1. The van der Waals surface area contributed by atoms with Gasteiger partial charge in [0, 0.05) is 43.1 Å². The summed E-state index contributed by atoms with van der Waals surface area (Å²) in [5, 5.41) is 18.6. The molecule has 1 atom stereocenters. The van der Waals surface area contributed by atoms with E-state index < -0.39 is 17.5 Å². The van der Waals surface area contributed by atoms with E-state index in [1.807, 2.05) is 6.07 Å². The van der Waals surface area contributed by atoms with Crippen LogP contribution in [0.4, 0.5) is 13.8 Å². The Morgan fingerprint density at radius 1 is 1.32 bits per heavy atom. The van der Waals surface area contributed by atoms with E-state index in [0.29, 0.717) is 6.42 Å². The van der Waals surface area contributed by atoms with Crippen molar-refractivity contribution in [2.45, 2.75) is 12.5 Å². The number of halogens is 3. The summed E-state index contributed by atoms with van der Waals surface area (Å²) in [6.07, 6.45) is 3.02. The van der Waals surface area contributed by atoms with Gasteiger partial charge in [-0.3, -0.25) is 9.59 Å². The summed E-state index contributed by atoms with van der Waals surface area (Å²) >= 11 is 7.55. The molecule has 8 nitrogen and oxygen atoms in total. The Morgan fingerprint density at radius 3 is 2.84 bits per heavy atom. The van der Waals surface area contributed by atoms with E-state index in [4.69, 9.17) is 27.2 Å². The number of hydrogen-bond donors (Lipinski definition) is 2. The molecule has 1 aromatic heterocycles. The molecule has 1 fully saturated rings. The minimum absolute atomic E-state index is 0.00455. The Bertz CT molecular complexity index is 1550. The highest BCUT2D eigenvalue weighted by Gasteiger charge is 2.37. The molecule has 0 aliphatic carbocycles. The van der Waals surface area contributed by atoms with Crippen molar-refractivity contribution in [2.24, 2.45) is 0 Å². The van der Waals surface area contributed by atoms with Gasteiger partial charge in [0.05, 0.1) is 40.1 Å². The predicted octanol–water partition coefficient (Wildman–Crippen LogP) is 3.94. The number of amides is 2. The third kappa shape index (κ3) is 4.24. The summed E-state index contributed by atoms with van der Waals surface area (Å²) < 4.78 is 36.2. The minimum Gasteiger partial charge on any atom is -0.491 e. The van der Waals surface area contributed by atoms with Crippen molar-refractivity contribution in [1.82, 2.24) is 9.80 Å². The molecular weight excluding hydrogens is 538 g/mol. The number of thiophene rings is 1. The molecule has 0 spiro atoms. The van der Waals surface area contributed by atoms with Gasteiger partial charge in [0.25, 0.3) is 5.91 Å². The second kappa shape index (κ2) is 10.2. The summed E-state index contributed by atoms with van der Waals surface area (Å²) in [6.45, 7) is 0.631. The fourth-order valence-corrected chi connectivity index (χ4v) is 6.23. The molecule has 0 radical (unpaired) electrons. The Hall–Kier alpha value is -3.72. The van der Waals surface area contributed by atoms with Gasteiger partial charge in [-0.25, -0.2) is 8.78 Å². The molecule has 3 heterocycles. The number of carbonyl (C=O) groups excluding carboxylic acids is 2. The van der Waals surface area contributed by atoms with Gasteiger partial charge in [0.15, 0.2) is 5.75 Å². The zero-order valence-corrected chi connectivity index (χ0v) is 21.4. The summed E-state index contributed by atoms with van der Waals surface area (Å²) in [7, 11) is 0. The molecule has 0 bridgehead atoms. The largest absolute Gasteiger partial charge is 0.491 e. The molecule has 3 aromatic rings. The van der Waals surface area contributed by atoms with E-state index in [-0.39, 0.29) is 92.9 Å². The van der Waals surface area contributed by atoms with Crippen LogP contribution in [0.3, 0.4) is 0 Å². The number of hydrogen-bond acceptors (Lipinski definition) is 7. The van der Waals surface area contributed by atoms with Crippen LogP contribution in [-0.2, 0) is 4.79 Å².